The third-order valence-corrected chi connectivity index (χ3v) is 16.5. The summed E-state index contributed by atoms with van der Waals surface area (Å²) in [6.45, 7) is -3.67. The van der Waals surface area contributed by atoms with E-state index in [1.165, 1.54) is 6.92 Å². The molecule has 578 valence electrons. The summed E-state index contributed by atoms with van der Waals surface area (Å²) >= 11 is 0. The van der Waals surface area contributed by atoms with Crippen LogP contribution in [0.4, 0.5) is 0 Å². The van der Waals surface area contributed by atoms with E-state index in [1.54, 1.807) is 0 Å². The quantitative estimate of drug-likeness (QED) is 0.0199. The van der Waals surface area contributed by atoms with Gasteiger partial charge in [-0.1, -0.05) is 20.8 Å². The zero-order valence-corrected chi connectivity index (χ0v) is 56.3. The van der Waals surface area contributed by atoms with Crippen molar-refractivity contribution in [2.45, 2.75) is 189 Å². The average Bonchev–Trinajstić information content (AvgIpc) is 0.800. The fourth-order valence-electron chi connectivity index (χ4n) is 9.16. The van der Waals surface area contributed by atoms with Gasteiger partial charge in [0, 0.05) is 24.9 Å². The molecule has 55 heteroatoms. The average molecular weight is 1570 g/mol. The Morgan fingerprint density at radius 1 is 0.388 bits per heavy atom. The van der Waals surface area contributed by atoms with Crippen LogP contribution in [0.1, 0.15) is 41.5 Å². The summed E-state index contributed by atoms with van der Waals surface area (Å²) in [5.41, 5.74) is 0. The van der Waals surface area contributed by atoms with Gasteiger partial charge in [-0.25, -0.2) is 39.5 Å². The second-order valence-electron chi connectivity index (χ2n) is 21.4. The van der Waals surface area contributed by atoms with Crippen LogP contribution in [-0.2, 0) is 159 Å². The molecule has 49 nitrogen and oxygen atoms in total. The van der Waals surface area contributed by atoms with Crippen molar-refractivity contribution in [3.05, 3.63) is 0 Å². The van der Waals surface area contributed by atoms with E-state index in [4.69, 9.17) is 56.8 Å². The van der Waals surface area contributed by atoms with Crippen LogP contribution in [0.5, 0.6) is 0 Å². The number of carbonyl (C=O) groups is 3. The predicted molar refractivity (Wildman–Crippen MR) is 298 cm³/mol. The van der Waals surface area contributed by atoms with Crippen molar-refractivity contribution in [2.75, 3.05) is 46.8 Å². The summed E-state index contributed by atoms with van der Waals surface area (Å²) in [6, 6.07) is 0. The molecule has 3 aliphatic rings. The first-order chi connectivity index (χ1) is 44.6. The lowest BCUT2D eigenvalue weighted by Gasteiger charge is -2.46. The van der Waals surface area contributed by atoms with Crippen LogP contribution >= 0.6 is 0 Å². The van der Waals surface area contributed by atoms with Gasteiger partial charge in [-0.3, -0.25) is 27.3 Å². The van der Waals surface area contributed by atoms with E-state index in [2.05, 4.69) is 25.1 Å². The van der Waals surface area contributed by atoms with Crippen LogP contribution in [0.25, 0.3) is 0 Å². The fourth-order valence-corrected chi connectivity index (χ4v) is 10.9. The van der Waals surface area contributed by atoms with Gasteiger partial charge in [-0.05, 0) is 20.8 Å². The number of aliphatic hydroxyl groups excluding tert-OH is 7. The first-order valence-corrected chi connectivity index (χ1v) is 35.7. The molecule has 16 N–H and O–H groups in total. The molecule has 27 atom stereocenters. The Kier molecular flexibility index (Phi) is 34.1. The third kappa shape index (κ3) is 29.5. The van der Waals surface area contributed by atoms with E-state index >= 15 is 0 Å². The van der Waals surface area contributed by atoms with Crippen molar-refractivity contribution in [3.8, 4) is 0 Å². The van der Waals surface area contributed by atoms with Crippen LogP contribution in [0.15, 0.2) is 0 Å². The number of rotatable bonds is 44. The van der Waals surface area contributed by atoms with Crippen LogP contribution in [-0.4, -0.2) is 341 Å². The molecule has 3 saturated heterocycles. The first-order valence-electron chi connectivity index (χ1n) is 27.5. The van der Waals surface area contributed by atoms with Crippen molar-refractivity contribution in [3.63, 3.8) is 0 Å². The molecule has 3 aliphatic heterocycles. The van der Waals surface area contributed by atoms with E-state index < -0.39 is 285 Å². The number of ether oxygens (including phenoxy) is 12. The Morgan fingerprint density at radius 2 is 0.633 bits per heavy atom. The molecule has 0 aromatic carbocycles. The highest BCUT2D eigenvalue weighted by atomic mass is 32.3. The topological polar surface area (TPSA) is 746 Å². The number of methoxy groups -OCH3 is 1. The molecule has 0 aromatic rings. The highest BCUT2D eigenvalue weighted by molar-refractivity contribution is 7.82. The second-order valence-corrected chi connectivity index (χ2v) is 27.9. The zero-order valence-electron chi connectivity index (χ0n) is 51.4. The summed E-state index contributed by atoms with van der Waals surface area (Å²) in [7, 11) is -32.1. The maximum Gasteiger partial charge on any atom is 0.397 e. The lowest BCUT2D eigenvalue weighted by Crippen LogP contribution is -2.61. The van der Waals surface area contributed by atoms with Gasteiger partial charge in [0.05, 0.1) is 56.4 Å². The smallest absolute Gasteiger partial charge is 0.397 e. The molecular formula is C43H76O49S6. The Morgan fingerprint density at radius 3 is 0.857 bits per heavy atom. The van der Waals surface area contributed by atoms with Gasteiger partial charge < -0.3 is 108 Å². The van der Waals surface area contributed by atoms with Crippen LogP contribution in [0, 0.1) is 17.8 Å². The van der Waals surface area contributed by atoms with Gasteiger partial charge in [0.25, 0.3) is 0 Å². The SMILES string of the molecule is CO[C@@H]1OC(COS(=O)(=O)O)[C@H](OC(COS(=O)(=O)O)OC(C(=O)O)[C@H](O[C@@H]2OC(COS(=O)(=O)O)[C@H](OC(COS(=O)(=O)O)OC(C(=O)O)[C@H](O[C@@H]3OC(COS(=O)(=O)O)[C@H](OC(COS(=O)(=O)O)OC(C(=O)O)[C@@H](O)[C@H](C)O)C(O)[C@@H]3C)[C@H](C)O)C(O)[C@@H]2C)[C@H](C)O)C(O)[C@@H]1C. The van der Waals surface area contributed by atoms with Crippen molar-refractivity contribution in [1.29, 1.82) is 0 Å². The number of hydrogen-bond acceptors (Lipinski definition) is 40. The van der Waals surface area contributed by atoms with Crippen molar-refractivity contribution < 1.29 is 225 Å². The van der Waals surface area contributed by atoms with Crippen LogP contribution < -0.4 is 0 Å². The minimum Gasteiger partial charge on any atom is -0.479 e. The van der Waals surface area contributed by atoms with Crippen molar-refractivity contribution in [2.24, 2.45) is 17.8 Å². The molecule has 0 radical (unpaired) electrons. The van der Waals surface area contributed by atoms with Crippen LogP contribution in [0.2, 0.25) is 0 Å². The van der Waals surface area contributed by atoms with Gasteiger partial charge in [-0.15, -0.1) is 0 Å². The van der Waals surface area contributed by atoms with Crippen LogP contribution in [0.3, 0.4) is 0 Å². The number of hydrogen-bond donors (Lipinski definition) is 16. The molecule has 0 saturated carbocycles. The Hall–Kier alpha value is -3.13. The van der Waals surface area contributed by atoms with E-state index in [9.17, 15) is 143 Å². The van der Waals surface area contributed by atoms with E-state index in [1.807, 2.05) is 0 Å². The lowest BCUT2D eigenvalue weighted by atomic mass is 9.92. The predicted octanol–water partition coefficient (Wildman–Crippen LogP) is -8.47. The fraction of sp³-hybridized carbons (Fsp3) is 0.930. The Balaban J connectivity index is 2.12. The zero-order chi connectivity index (χ0) is 75.3. The summed E-state index contributed by atoms with van der Waals surface area (Å²) in [6.07, 6.45) is -55.5. The minimum atomic E-state index is -5.70. The van der Waals surface area contributed by atoms with Gasteiger partial charge in [0.2, 0.25) is 0 Å². The van der Waals surface area contributed by atoms with E-state index in [0.717, 1.165) is 41.7 Å². The molecule has 0 bridgehead atoms. The Bertz CT molecular complexity index is 3250. The number of aliphatic hydroxyl groups is 7. The molecule has 0 aromatic heterocycles. The number of carboxylic acid groups (broad SMARTS) is 3. The van der Waals surface area contributed by atoms with Gasteiger partial charge in [-0.2, -0.15) is 50.5 Å². The molecule has 3 heterocycles. The molecule has 3 fully saturated rings. The maximum atomic E-state index is 13.2. The molecular weight excluding hydrogens is 1490 g/mol. The molecule has 98 heavy (non-hydrogen) atoms. The largest absolute Gasteiger partial charge is 0.479 e. The first kappa shape index (κ1) is 89.1. The normalized spacial score (nSPS) is 30.9. The van der Waals surface area contributed by atoms with Crippen molar-refractivity contribution in [1.82, 2.24) is 0 Å². The molecule has 0 aliphatic carbocycles. The van der Waals surface area contributed by atoms with E-state index in [-0.39, 0.29) is 0 Å². The summed E-state index contributed by atoms with van der Waals surface area (Å²) in [5.74, 6) is -11.3. The molecule has 0 amide bonds. The van der Waals surface area contributed by atoms with Gasteiger partial charge >= 0.3 is 80.3 Å². The number of carboxylic acids is 3. The summed E-state index contributed by atoms with van der Waals surface area (Å²) in [5, 5.41) is 108. The van der Waals surface area contributed by atoms with E-state index in [0.29, 0.717) is 0 Å². The molecule has 12 unspecified atom stereocenters. The summed E-state index contributed by atoms with van der Waals surface area (Å²) in [4.78, 5) is 38.3. The molecule has 0 spiro atoms. The minimum absolute atomic E-state index is 0.765. The third-order valence-electron chi connectivity index (χ3n) is 13.9. The van der Waals surface area contributed by atoms with Gasteiger partial charge in [0.15, 0.2) is 56.1 Å². The highest BCUT2D eigenvalue weighted by Gasteiger charge is 2.53. The van der Waals surface area contributed by atoms with Crippen molar-refractivity contribution >= 4 is 80.3 Å². The standard InChI is InChI=1S/C43H76O49S6/c1-14-26(47)32(20(82-41(14)75-7)8-76-93(57,58)59)86-24(12-80-97(69,70)71)89-36(39(53)54)30(18(5)45)92-43-16(3)28(49)34(22(84-43)10-78-95(63,64)65)87-25(13-81-98(72,73)74)90-37(40(55)56)31(19(6)46)91-42-15(2)27(48)33(21(83-42)9-77-94(60,61)62)85-23(11-79-96(66,67)68)88-35(38(51)52)29(50)17(4)44/h14-37,41-50H,8-13H2,1-7H3,(H,51,52)(H,53,54)(H,55,56)(H,57,58,59)(H,60,61,62)(H,63,64,65)(H,66,67,68)(H,69,70,71)(H,72,73,74)/t14-,15-,16-,17-,18-,19-,20?,21?,22?,23?,24?,25?,26?,27?,28?,29-,30+,31+,32-,33-,34-,35?,36?,37?,41+,42-,43-/m0/s1. The highest BCUT2D eigenvalue weighted by Crippen LogP contribution is 2.37. The Labute approximate surface area is 557 Å². The lowest BCUT2D eigenvalue weighted by molar-refractivity contribution is -0.349. The molecule has 3 rings (SSSR count). The number of aliphatic carboxylic acids is 3. The maximum absolute atomic E-state index is 13.2. The monoisotopic (exact) mass is 1570 g/mol. The summed E-state index contributed by atoms with van der Waals surface area (Å²) < 4.78 is 290. The second kappa shape index (κ2) is 37.5. The van der Waals surface area contributed by atoms with Gasteiger partial charge in [0.1, 0.15) is 74.8 Å².